The SMILES string of the molecule is C=C.C=C/C=C\C(=C/C)CC(NC(=O)C(Cc1ccccc1)NC(=O)C1CCC(C(C)C)CC1)C(=O)O.CC.CC.CC.CC. The van der Waals surface area contributed by atoms with Gasteiger partial charge in [0.25, 0.3) is 0 Å². The number of allylic oxidation sites excluding steroid dienone is 4. The summed E-state index contributed by atoms with van der Waals surface area (Å²) in [5.41, 5.74) is 1.66. The number of benzene rings is 1. The number of carboxylic acids is 1. The van der Waals surface area contributed by atoms with E-state index in [1.54, 1.807) is 24.3 Å². The van der Waals surface area contributed by atoms with E-state index in [-0.39, 0.29) is 18.2 Å². The van der Waals surface area contributed by atoms with Crippen molar-refractivity contribution < 1.29 is 19.5 Å². The average molecular weight is 629 g/mol. The van der Waals surface area contributed by atoms with Crippen LogP contribution in [-0.4, -0.2) is 35.0 Å². The number of aliphatic carboxylic acids is 1. The van der Waals surface area contributed by atoms with Crippen LogP contribution in [0.25, 0.3) is 0 Å². The number of carbonyl (C=O) groups is 3. The van der Waals surface area contributed by atoms with E-state index in [0.29, 0.717) is 18.3 Å². The minimum absolute atomic E-state index is 0.120. The molecule has 2 unspecified atom stereocenters. The molecule has 0 aromatic heterocycles. The van der Waals surface area contributed by atoms with Crippen LogP contribution in [0.3, 0.4) is 0 Å². The van der Waals surface area contributed by atoms with Crippen molar-refractivity contribution in [2.75, 3.05) is 0 Å². The van der Waals surface area contributed by atoms with E-state index in [2.05, 4.69) is 44.2 Å². The molecule has 258 valence electrons. The fourth-order valence-electron chi connectivity index (χ4n) is 4.58. The molecule has 2 amide bonds. The normalized spacial score (nSPS) is 16.4. The summed E-state index contributed by atoms with van der Waals surface area (Å²) in [5, 5.41) is 15.3. The molecule has 1 aromatic rings. The Kier molecular flexibility index (Phi) is 36.1. The van der Waals surface area contributed by atoms with Gasteiger partial charge in [-0.3, -0.25) is 9.59 Å². The zero-order valence-corrected chi connectivity index (χ0v) is 30.6. The second-order valence-electron chi connectivity index (χ2n) is 9.67. The Morgan fingerprint density at radius 2 is 1.38 bits per heavy atom. The highest BCUT2D eigenvalue weighted by atomic mass is 16.4. The summed E-state index contributed by atoms with van der Waals surface area (Å²) in [6.45, 7) is 31.9. The molecule has 0 heterocycles. The van der Waals surface area contributed by atoms with Gasteiger partial charge in [0.2, 0.25) is 11.8 Å². The molecule has 2 rings (SSSR count). The Balaban J connectivity index is -0.000000762. The predicted octanol–water partition coefficient (Wildman–Crippen LogP) is 9.73. The lowest BCUT2D eigenvalue weighted by Gasteiger charge is -2.31. The molecule has 0 aliphatic heterocycles. The third kappa shape index (κ3) is 21.9. The topological polar surface area (TPSA) is 95.5 Å². The summed E-state index contributed by atoms with van der Waals surface area (Å²) >= 11 is 0. The van der Waals surface area contributed by atoms with Crippen LogP contribution in [0, 0.1) is 17.8 Å². The van der Waals surface area contributed by atoms with Gasteiger partial charge in [0, 0.05) is 18.8 Å². The predicted molar refractivity (Wildman–Crippen MR) is 196 cm³/mol. The molecule has 3 N–H and O–H groups in total. The van der Waals surface area contributed by atoms with E-state index in [0.717, 1.165) is 36.8 Å². The molecular weight excluding hydrogens is 560 g/mol. The number of nitrogens with one attached hydrogen (secondary N) is 2. The molecule has 1 aromatic carbocycles. The monoisotopic (exact) mass is 629 g/mol. The lowest BCUT2D eigenvalue weighted by Crippen LogP contribution is -2.53. The first-order chi connectivity index (χ1) is 21.7. The van der Waals surface area contributed by atoms with E-state index in [1.165, 1.54) is 0 Å². The Morgan fingerprint density at radius 1 is 0.867 bits per heavy atom. The molecule has 1 fully saturated rings. The van der Waals surface area contributed by atoms with E-state index >= 15 is 0 Å². The third-order valence-corrected chi connectivity index (χ3v) is 6.87. The number of rotatable bonds is 12. The van der Waals surface area contributed by atoms with E-state index in [9.17, 15) is 19.5 Å². The van der Waals surface area contributed by atoms with Gasteiger partial charge in [0.1, 0.15) is 12.1 Å². The maximum atomic E-state index is 13.3. The van der Waals surface area contributed by atoms with Crippen molar-refractivity contribution in [1.29, 1.82) is 0 Å². The van der Waals surface area contributed by atoms with Crippen molar-refractivity contribution in [3.63, 3.8) is 0 Å². The first-order valence-corrected chi connectivity index (χ1v) is 17.1. The number of carbonyl (C=O) groups excluding carboxylic acids is 2. The van der Waals surface area contributed by atoms with E-state index < -0.39 is 24.0 Å². The van der Waals surface area contributed by atoms with Crippen molar-refractivity contribution in [2.45, 2.75) is 127 Å². The Labute approximate surface area is 277 Å². The van der Waals surface area contributed by atoms with Crippen molar-refractivity contribution in [3.8, 4) is 0 Å². The van der Waals surface area contributed by atoms with Crippen LogP contribution >= 0.6 is 0 Å². The highest BCUT2D eigenvalue weighted by Gasteiger charge is 2.32. The largest absolute Gasteiger partial charge is 0.480 e. The molecule has 6 heteroatoms. The number of hydrogen-bond donors (Lipinski definition) is 3. The number of carboxylic acid groups (broad SMARTS) is 1. The number of amides is 2. The molecule has 0 saturated heterocycles. The van der Waals surface area contributed by atoms with Crippen molar-refractivity contribution in [1.82, 2.24) is 10.6 Å². The molecule has 1 aliphatic rings. The van der Waals surface area contributed by atoms with Crippen LogP contribution in [0.2, 0.25) is 0 Å². The molecule has 0 radical (unpaired) electrons. The van der Waals surface area contributed by atoms with Gasteiger partial charge in [-0.25, -0.2) is 4.79 Å². The maximum absolute atomic E-state index is 13.3. The van der Waals surface area contributed by atoms with Gasteiger partial charge in [-0.05, 0) is 55.6 Å². The standard InChI is InChI=1S/C29H40N2O4.4C2H6.C2H4/c1-5-7-11-21(6-2)18-26(29(34)35)31-28(33)25(19-22-12-9-8-10-13-22)30-27(32)24-16-14-23(15-17-24)20(3)4;5*1-2/h5-13,20,23-26H,1,14-19H2,2-4H3,(H,30,32)(H,31,33)(H,34,35);4*1-2H3;1-2H2/b11-7-,21-6+;;;;;. The summed E-state index contributed by atoms with van der Waals surface area (Å²) in [5.74, 6) is -0.625. The zero-order chi connectivity index (χ0) is 35.8. The van der Waals surface area contributed by atoms with Crippen LogP contribution in [0.15, 0.2) is 79.9 Å². The Bertz CT molecular complexity index is 930. The summed E-state index contributed by atoms with van der Waals surface area (Å²) in [6.07, 6.45) is 11.0. The number of hydrogen-bond acceptors (Lipinski definition) is 3. The molecule has 1 saturated carbocycles. The Morgan fingerprint density at radius 3 is 1.80 bits per heavy atom. The molecule has 0 bridgehead atoms. The second kappa shape index (κ2) is 33.5. The van der Waals surface area contributed by atoms with Gasteiger partial charge < -0.3 is 15.7 Å². The molecule has 45 heavy (non-hydrogen) atoms. The average Bonchev–Trinajstić information content (AvgIpc) is 3.10. The van der Waals surface area contributed by atoms with E-state index in [4.69, 9.17) is 0 Å². The van der Waals surface area contributed by atoms with Gasteiger partial charge in [-0.2, -0.15) is 0 Å². The second-order valence-corrected chi connectivity index (χ2v) is 9.67. The van der Waals surface area contributed by atoms with Crippen LogP contribution in [-0.2, 0) is 20.8 Å². The third-order valence-electron chi connectivity index (χ3n) is 6.87. The summed E-state index contributed by atoms with van der Waals surface area (Å²) in [7, 11) is 0. The van der Waals surface area contributed by atoms with Gasteiger partial charge in [0.05, 0.1) is 0 Å². The van der Waals surface area contributed by atoms with Crippen molar-refractivity contribution in [2.24, 2.45) is 17.8 Å². The van der Waals surface area contributed by atoms with E-state index in [1.807, 2.05) is 92.6 Å². The van der Waals surface area contributed by atoms with Gasteiger partial charge in [-0.1, -0.05) is 130 Å². The first-order valence-electron chi connectivity index (χ1n) is 17.1. The fourth-order valence-corrected chi connectivity index (χ4v) is 4.58. The highest BCUT2D eigenvalue weighted by molar-refractivity contribution is 5.91. The minimum atomic E-state index is -1.12. The van der Waals surface area contributed by atoms with Crippen LogP contribution in [0.5, 0.6) is 0 Å². The highest BCUT2D eigenvalue weighted by Crippen LogP contribution is 2.33. The van der Waals surface area contributed by atoms with Crippen molar-refractivity contribution in [3.05, 3.63) is 85.5 Å². The van der Waals surface area contributed by atoms with Gasteiger partial charge in [-0.15, -0.1) is 13.2 Å². The summed E-state index contributed by atoms with van der Waals surface area (Å²) < 4.78 is 0. The zero-order valence-electron chi connectivity index (χ0n) is 30.6. The smallest absolute Gasteiger partial charge is 0.326 e. The van der Waals surface area contributed by atoms with Gasteiger partial charge >= 0.3 is 5.97 Å². The molecule has 1 aliphatic carbocycles. The maximum Gasteiger partial charge on any atom is 0.326 e. The molecule has 2 atom stereocenters. The van der Waals surface area contributed by atoms with Crippen LogP contribution in [0.1, 0.15) is 114 Å². The quantitative estimate of drug-likeness (QED) is 0.159. The fraction of sp³-hybridized carbons (Fsp3) is 0.564. The van der Waals surface area contributed by atoms with Crippen molar-refractivity contribution >= 4 is 17.8 Å². The summed E-state index contributed by atoms with van der Waals surface area (Å²) in [6, 6.07) is 7.47. The lowest BCUT2D eigenvalue weighted by atomic mass is 9.76. The summed E-state index contributed by atoms with van der Waals surface area (Å²) in [4.78, 5) is 38.3. The van der Waals surface area contributed by atoms with Crippen LogP contribution < -0.4 is 10.6 Å². The minimum Gasteiger partial charge on any atom is -0.480 e. The first kappa shape index (κ1) is 48.5. The molecule has 6 nitrogen and oxygen atoms in total. The molecule has 0 spiro atoms. The Hall–Kier alpha value is -3.41. The van der Waals surface area contributed by atoms with Gasteiger partial charge in [0.15, 0.2) is 0 Å². The lowest BCUT2D eigenvalue weighted by molar-refractivity contribution is -0.142. The van der Waals surface area contributed by atoms with Crippen LogP contribution in [0.4, 0.5) is 0 Å². The molecular formula is C39H68N2O4.